The lowest BCUT2D eigenvalue weighted by molar-refractivity contribution is 0.509. The zero-order chi connectivity index (χ0) is 12.3. The molecule has 0 atom stereocenters. The van der Waals surface area contributed by atoms with Crippen LogP contribution in [0.15, 0.2) is 27.1 Å². The fourth-order valence-corrected chi connectivity index (χ4v) is 1.58. The third-order valence-electron chi connectivity index (χ3n) is 2.00. The Morgan fingerprint density at radius 2 is 2.24 bits per heavy atom. The first kappa shape index (κ1) is 12.0. The van der Waals surface area contributed by atoms with Crippen LogP contribution >= 0.6 is 15.9 Å². The monoisotopic (exact) mass is 300 g/mol. The van der Waals surface area contributed by atoms with Crippen molar-refractivity contribution in [3.05, 3.63) is 34.4 Å². The van der Waals surface area contributed by atoms with Crippen molar-refractivity contribution in [2.75, 3.05) is 11.9 Å². The van der Waals surface area contributed by atoms with Crippen LogP contribution in [0.5, 0.6) is 0 Å². The van der Waals surface area contributed by atoms with E-state index in [1.54, 1.807) is 6.07 Å². The molecule has 0 aliphatic carbocycles. The highest BCUT2D eigenvalue weighted by molar-refractivity contribution is 9.10. The van der Waals surface area contributed by atoms with Crippen LogP contribution in [-0.2, 0) is 6.42 Å². The Balaban J connectivity index is 2.16. The molecular weight excluding hydrogens is 291 g/mol. The molecule has 1 aromatic carbocycles. The van der Waals surface area contributed by atoms with Crippen LogP contribution in [0.2, 0.25) is 0 Å². The maximum Gasteiger partial charge on any atom is 0.320 e. The quantitative estimate of drug-likeness (QED) is 0.905. The van der Waals surface area contributed by atoms with E-state index in [9.17, 15) is 4.39 Å². The second kappa shape index (κ2) is 5.24. The molecular formula is C10H10BrFN4O. The van der Waals surface area contributed by atoms with Gasteiger partial charge in [0.2, 0.25) is 5.89 Å². The number of aromatic nitrogens is 2. The lowest BCUT2D eigenvalue weighted by atomic mass is 10.3. The van der Waals surface area contributed by atoms with E-state index in [2.05, 4.69) is 31.4 Å². The molecule has 0 radical (unpaired) electrons. The minimum absolute atomic E-state index is 0.208. The molecule has 17 heavy (non-hydrogen) atoms. The van der Waals surface area contributed by atoms with Gasteiger partial charge in [0.05, 0.1) is 5.69 Å². The highest BCUT2D eigenvalue weighted by Gasteiger charge is 2.08. The smallest absolute Gasteiger partial charge is 0.320 e. The summed E-state index contributed by atoms with van der Waals surface area (Å²) >= 11 is 3.29. The molecule has 0 bridgehead atoms. The number of rotatable bonds is 4. The van der Waals surface area contributed by atoms with Crippen molar-refractivity contribution in [2.24, 2.45) is 5.73 Å². The van der Waals surface area contributed by atoms with Crippen LogP contribution in [0.4, 0.5) is 16.1 Å². The molecule has 1 heterocycles. The van der Waals surface area contributed by atoms with Gasteiger partial charge < -0.3 is 15.5 Å². The van der Waals surface area contributed by atoms with Crippen LogP contribution in [0, 0.1) is 5.82 Å². The van der Waals surface area contributed by atoms with Crippen molar-refractivity contribution in [3.8, 4) is 0 Å². The van der Waals surface area contributed by atoms with E-state index in [0.717, 1.165) is 0 Å². The number of anilines is 2. The molecule has 0 saturated heterocycles. The number of hydrogen-bond donors (Lipinski definition) is 2. The van der Waals surface area contributed by atoms with Crippen LogP contribution in [0.1, 0.15) is 5.89 Å². The Bertz CT molecular complexity index is 517. The van der Waals surface area contributed by atoms with Gasteiger partial charge in [-0.15, -0.1) is 5.10 Å². The molecule has 2 aromatic rings. The Morgan fingerprint density at radius 3 is 3.00 bits per heavy atom. The molecule has 0 aliphatic rings. The minimum atomic E-state index is -0.350. The van der Waals surface area contributed by atoms with Crippen molar-refractivity contribution < 1.29 is 8.81 Å². The van der Waals surface area contributed by atoms with Crippen molar-refractivity contribution >= 4 is 27.6 Å². The number of nitrogens with one attached hydrogen (secondary N) is 1. The first-order valence-corrected chi connectivity index (χ1v) is 5.73. The average Bonchev–Trinajstić information content (AvgIpc) is 2.72. The maximum atomic E-state index is 13.0. The van der Waals surface area contributed by atoms with Crippen LogP contribution in [0.3, 0.4) is 0 Å². The van der Waals surface area contributed by atoms with Gasteiger partial charge in [0.1, 0.15) is 5.82 Å². The largest absolute Gasteiger partial charge is 0.408 e. The summed E-state index contributed by atoms with van der Waals surface area (Å²) in [6, 6.07) is 4.48. The van der Waals surface area contributed by atoms with Crippen molar-refractivity contribution in [2.45, 2.75) is 6.42 Å². The fourth-order valence-electron chi connectivity index (χ4n) is 1.24. The molecule has 0 unspecified atom stereocenters. The zero-order valence-corrected chi connectivity index (χ0v) is 10.4. The molecule has 2 rings (SSSR count). The molecule has 0 fully saturated rings. The fraction of sp³-hybridized carbons (Fsp3) is 0.200. The third-order valence-corrected chi connectivity index (χ3v) is 2.69. The topological polar surface area (TPSA) is 77.0 Å². The number of halogens is 2. The summed E-state index contributed by atoms with van der Waals surface area (Å²) in [6.45, 7) is 0.436. The SMILES string of the molecule is NCCc1nnc(Nc2cc(F)ccc2Br)o1. The first-order valence-electron chi connectivity index (χ1n) is 4.93. The maximum absolute atomic E-state index is 13.0. The van der Waals surface area contributed by atoms with Gasteiger partial charge >= 0.3 is 6.01 Å². The summed E-state index contributed by atoms with van der Waals surface area (Å²) in [5, 5.41) is 10.4. The van der Waals surface area contributed by atoms with E-state index in [-0.39, 0.29) is 11.8 Å². The van der Waals surface area contributed by atoms with Gasteiger partial charge in [0, 0.05) is 17.4 Å². The molecule has 90 valence electrons. The summed E-state index contributed by atoms with van der Waals surface area (Å²) in [5.41, 5.74) is 5.88. The second-order valence-electron chi connectivity index (χ2n) is 3.29. The summed E-state index contributed by atoms with van der Waals surface area (Å²) in [5.74, 6) is 0.0972. The Labute approximate surface area is 105 Å². The summed E-state index contributed by atoms with van der Waals surface area (Å²) < 4.78 is 19.0. The zero-order valence-electron chi connectivity index (χ0n) is 8.78. The second-order valence-corrected chi connectivity index (χ2v) is 4.14. The molecule has 0 spiro atoms. The van der Waals surface area contributed by atoms with Gasteiger partial charge in [-0.3, -0.25) is 0 Å². The van der Waals surface area contributed by atoms with E-state index in [1.165, 1.54) is 12.1 Å². The van der Waals surface area contributed by atoms with E-state index >= 15 is 0 Å². The van der Waals surface area contributed by atoms with Crippen LogP contribution in [0.25, 0.3) is 0 Å². The van der Waals surface area contributed by atoms with E-state index in [0.29, 0.717) is 29.0 Å². The van der Waals surface area contributed by atoms with E-state index in [1.807, 2.05) is 0 Å². The lowest BCUT2D eigenvalue weighted by Gasteiger charge is -2.03. The van der Waals surface area contributed by atoms with Gasteiger partial charge in [0.15, 0.2) is 0 Å². The van der Waals surface area contributed by atoms with Crippen LogP contribution in [-0.4, -0.2) is 16.7 Å². The summed E-state index contributed by atoms with van der Waals surface area (Å²) in [7, 11) is 0. The highest BCUT2D eigenvalue weighted by Crippen LogP contribution is 2.25. The van der Waals surface area contributed by atoms with Gasteiger partial charge in [-0.25, -0.2) is 4.39 Å². The lowest BCUT2D eigenvalue weighted by Crippen LogP contribution is -2.02. The summed E-state index contributed by atoms with van der Waals surface area (Å²) in [4.78, 5) is 0. The van der Waals surface area contributed by atoms with Crippen molar-refractivity contribution in [1.29, 1.82) is 0 Å². The predicted molar refractivity (Wildman–Crippen MR) is 64.4 cm³/mol. The Kier molecular flexibility index (Phi) is 3.70. The standard InChI is InChI=1S/C10H10BrFN4O/c11-7-2-1-6(12)5-8(7)14-10-16-15-9(17-10)3-4-13/h1-2,5H,3-4,13H2,(H,14,16). The number of nitrogens with zero attached hydrogens (tertiary/aromatic N) is 2. The number of benzene rings is 1. The van der Waals surface area contributed by atoms with Crippen molar-refractivity contribution in [3.63, 3.8) is 0 Å². The van der Waals surface area contributed by atoms with Gasteiger partial charge in [-0.1, -0.05) is 5.10 Å². The molecule has 3 N–H and O–H groups in total. The summed E-state index contributed by atoms with van der Waals surface area (Å²) in [6.07, 6.45) is 0.513. The van der Waals surface area contributed by atoms with E-state index < -0.39 is 0 Å². The Hall–Kier alpha value is -1.47. The molecule has 7 heteroatoms. The molecule has 5 nitrogen and oxygen atoms in total. The predicted octanol–water partition coefficient (Wildman–Crippen LogP) is 2.22. The van der Waals surface area contributed by atoms with Gasteiger partial charge in [0.25, 0.3) is 0 Å². The average molecular weight is 301 g/mol. The van der Waals surface area contributed by atoms with Crippen LogP contribution < -0.4 is 11.1 Å². The molecule has 1 aromatic heterocycles. The third kappa shape index (κ3) is 3.01. The molecule has 0 saturated carbocycles. The van der Waals surface area contributed by atoms with E-state index in [4.69, 9.17) is 10.2 Å². The molecule has 0 amide bonds. The normalized spacial score (nSPS) is 10.5. The van der Waals surface area contributed by atoms with Gasteiger partial charge in [-0.2, -0.15) is 0 Å². The Morgan fingerprint density at radius 1 is 1.41 bits per heavy atom. The number of hydrogen-bond acceptors (Lipinski definition) is 5. The van der Waals surface area contributed by atoms with Crippen molar-refractivity contribution in [1.82, 2.24) is 10.2 Å². The van der Waals surface area contributed by atoms with Gasteiger partial charge in [-0.05, 0) is 34.1 Å². The number of nitrogens with two attached hydrogens (primary N) is 1. The molecule has 0 aliphatic heterocycles. The highest BCUT2D eigenvalue weighted by atomic mass is 79.9. The minimum Gasteiger partial charge on any atom is -0.408 e. The first-order chi connectivity index (χ1) is 8.19.